The zero-order valence-electron chi connectivity index (χ0n) is 10.1. The van der Waals surface area contributed by atoms with E-state index in [1.165, 1.54) is 19.3 Å². The molecule has 1 fully saturated rings. The molecule has 16 heavy (non-hydrogen) atoms. The van der Waals surface area contributed by atoms with E-state index in [1.807, 2.05) is 6.92 Å². The molecule has 0 spiro atoms. The van der Waals surface area contributed by atoms with Gasteiger partial charge in [-0.2, -0.15) is 0 Å². The van der Waals surface area contributed by atoms with Gasteiger partial charge in [-0.1, -0.05) is 26.2 Å². The highest BCUT2D eigenvalue weighted by Crippen LogP contribution is 2.19. The normalized spacial score (nSPS) is 18.8. The smallest absolute Gasteiger partial charge is 0.211 e. The minimum absolute atomic E-state index is 0.205. The highest BCUT2D eigenvalue weighted by Gasteiger charge is 2.13. The lowest BCUT2D eigenvalue weighted by atomic mass is 9.98. The van der Waals surface area contributed by atoms with Crippen LogP contribution in [0.3, 0.4) is 0 Å². The monoisotopic (exact) mass is 249 g/mol. The number of rotatable bonds is 7. The first-order chi connectivity index (χ1) is 7.64. The maximum atomic E-state index is 11.3. The first-order valence-corrected chi connectivity index (χ1v) is 7.88. The molecule has 1 aliphatic carbocycles. The molecule has 0 saturated heterocycles. The molecule has 0 heterocycles. The van der Waals surface area contributed by atoms with Gasteiger partial charge in [0.1, 0.15) is 0 Å². The van der Waals surface area contributed by atoms with Crippen LogP contribution >= 0.6 is 0 Å². The van der Waals surface area contributed by atoms with E-state index in [4.69, 9.17) is 4.74 Å². The van der Waals surface area contributed by atoms with Gasteiger partial charge in [-0.15, -0.1) is 0 Å². The lowest BCUT2D eigenvalue weighted by Crippen LogP contribution is -2.31. The van der Waals surface area contributed by atoms with E-state index in [9.17, 15) is 8.42 Å². The number of nitrogens with one attached hydrogen (secondary N) is 1. The van der Waals surface area contributed by atoms with Gasteiger partial charge in [-0.3, -0.25) is 0 Å². The fourth-order valence-corrected chi connectivity index (χ4v) is 3.07. The van der Waals surface area contributed by atoms with Crippen LogP contribution in [0.15, 0.2) is 0 Å². The lowest BCUT2D eigenvalue weighted by molar-refractivity contribution is 0.0321. The molecule has 0 unspecified atom stereocenters. The highest BCUT2D eigenvalue weighted by molar-refractivity contribution is 7.89. The summed E-state index contributed by atoms with van der Waals surface area (Å²) < 4.78 is 30.8. The molecule has 1 saturated carbocycles. The first kappa shape index (κ1) is 13.9. The minimum Gasteiger partial charge on any atom is -0.377 e. The average Bonchev–Trinajstić information content (AvgIpc) is 2.26. The van der Waals surface area contributed by atoms with Crippen molar-refractivity contribution >= 4 is 10.0 Å². The first-order valence-electron chi connectivity index (χ1n) is 6.23. The second-order valence-corrected chi connectivity index (χ2v) is 6.27. The molecular formula is C11H23NO3S. The second kappa shape index (κ2) is 7.25. The van der Waals surface area contributed by atoms with Crippen LogP contribution in [-0.4, -0.2) is 33.4 Å². The second-order valence-electron chi connectivity index (χ2n) is 4.34. The van der Waals surface area contributed by atoms with Crippen molar-refractivity contribution in [2.24, 2.45) is 0 Å². The molecule has 1 rings (SSSR count). The Morgan fingerprint density at radius 3 is 2.56 bits per heavy atom. The Bertz CT molecular complexity index is 271. The van der Waals surface area contributed by atoms with Crippen LogP contribution in [0.25, 0.3) is 0 Å². The predicted octanol–water partition coefficient (Wildman–Crippen LogP) is 1.67. The average molecular weight is 249 g/mol. The summed E-state index contributed by atoms with van der Waals surface area (Å²) >= 11 is 0. The molecule has 0 bridgehead atoms. The zero-order chi connectivity index (χ0) is 11.9. The number of sulfonamides is 1. The maximum Gasteiger partial charge on any atom is 0.211 e. The van der Waals surface area contributed by atoms with Gasteiger partial charge in [-0.05, 0) is 19.3 Å². The van der Waals surface area contributed by atoms with Crippen molar-refractivity contribution in [3.63, 3.8) is 0 Å². The van der Waals surface area contributed by atoms with E-state index in [-0.39, 0.29) is 5.75 Å². The van der Waals surface area contributed by atoms with Crippen LogP contribution in [0.5, 0.6) is 0 Å². The third-order valence-electron chi connectivity index (χ3n) is 2.80. The molecule has 4 nitrogen and oxygen atoms in total. The van der Waals surface area contributed by atoms with Crippen molar-refractivity contribution in [1.29, 1.82) is 0 Å². The largest absolute Gasteiger partial charge is 0.377 e. The van der Waals surface area contributed by atoms with E-state index >= 15 is 0 Å². The minimum atomic E-state index is -3.06. The van der Waals surface area contributed by atoms with Crippen LogP contribution in [0, 0.1) is 0 Å². The number of hydrogen-bond donors (Lipinski definition) is 1. The molecular weight excluding hydrogens is 226 g/mol. The van der Waals surface area contributed by atoms with Gasteiger partial charge < -0.3 is 4.74 Å². The summed E-state index contributed by atoms with van der Waals surface area (Å²) in [6.07, 6.45) is 7.05. The predicted molar refractivity (Wildman–Crippen MR) is 64.9 cm³/mol. The van der Waals surface area contributed by atoms with Gasteiger partial charge in [0, 0.05) is 6.54 Å². The Kier molecular flexibility index (Phi) is 6.31. The highest BCUT2D eigenvalue weighted by atomic mass is 32.2. The van der Waals surface area contributed by atoms with E-state index in [1.54, 1.807) is 0 Å². The molecule has 0 aromatic heterocycles. The van der Waals surface area contributed by atoms with Gasteiger partial charge in [-0.25, -0.2) is 13.1 Å². The molecule has 1 N–H and O–H groups in total. The van der Waals surface area contributed by atoms with E-state index in [0.29, 0.717) is 25.7 Å². The summed E-state index contributed by atoms with van der Waals surface area (Å²) in [4.78, 5) is 0. The summed E-state index contributed by atoms with van der Waals surface area (Å²) in [5, 5.41) is 0. The topological polar surface area (TPSA) is 55.4 Å². The molecule has 0 radical (unpaired) electrons. The van der Waals surface area contributed by atoms with Gasteiger partial charge in [0.15, 0.2) is 0 Å². The van der Waals surface area contributed by atoms with Crippen LogP contribution in [0.4, 0.5) is 0 Å². The molecule has 5 heteroatoms. The molecule has 0 aliphatic heterocycles. The van der Waals surface area contributed by atoms with Gasteiger partial charge >= 0.3 is 0 Å². The molecule has 1 aliphatic rings. The summed E-state index contributed by atoms with van der Waals surface area (Å²) in [7, 11) is -3.06. The molecule has 96 valence electrons. The van der Waals surface area contributed by atoms with Crippen LogP contribution in [-0.2, 0) is 14.8 Å². The standard InChI is InChI=1S/C11H23NO3S/c1-2-10-16(13,14)12-8-9-15-11-6-4-3-5-7-11/h11-12H,2-10H2,1H3. The van der Waals surface area contributed by atoms with Crippen molar-refractivity contribution in [2.45, 2.75) is 51.6 Å². The van der Waals surface area contributed by atoms with Crippen molar-refractivity contribution in [3.8, 4) is 0 Å². The fourth-order valence-electron chi connectivity index (χ4n) is 2.00. The Balaban J connectivity index is 2.06. The van der Waals surface area contributed by atoms with Gasteiger partial charge in [0.2, 0.25) is 10.0 Å². The van der Waals surface area contributed by atoms with Crippen molar-refractivity contribution in [2.75, 3.05) is 18.9 Å². The quantitative estimate of drug-likeness (QED) is 0.698. The third-order valence-corrected chi connectivity index (χ3v) is 4.39. The molecule has 0 amide bonds. The van der Waals surface area contributed by atoms with Crippen LogP contribution in [0.1, 0.15) is 45.4 Å². The van der Waals surface area contributed by atoms with Gasteiger partial charge in [0.05, 0.1) is 18.5 Å². The van der Waals surface area contributed by atoms with Crippen molar-refractivity contribution in [1.82, 2.24) is 4.72 Å². The lowest BCUT2D eigenvalue weighted by Gasteiger charge is -2.21. The summed E-state index contributed by atoms with van der Waals surface area (Å²) in [6, 6.07) is 0. The maximum absolute atomic E-state index is 11.3. The molecule has 0 aromatic rings. The Morgan fingerprint density at radius 2 is 1.94 bits per heavy atom. The Hall–Kier alpha value is -0.130. The fraction of sp³-hybridized carbons (Fsp3) is 1.00. The number of ether oxygens (including phenoxy) is 1. The van der Waals surface area contributed by atoms with Crippen LogP contribution < -0.4 is 4.72 Å². The number of hydrogen-bond acceptors (Lipinski definition) is 3. The van der Waals surface area contributed by atoms with E-state index in [2.05, 4.69) is 4.72 Å². The van der Waals surface area contributed by atoms with E-state index in [0.717, 1.165) is 12.8 Å². The SMILES string of the molecule is CCCS(=O)(=O)NCCOC1CCCCC1. The third kappa shape index (κ3) is 5.82. The summed E-state index contributed by atoms with van der Waals surface area (Å²) in [5.41, 5.74) is 0. The van der Waals surface area contributed by atoms with E-state index < -0.39 is 10.0 Å². The summed E-state index contributed by atoms with van der Waals surface area (Å²) in [5.74, 6) is 0.205. The summed E-state index contributed by atoms with van der Waals surface area (Å²) in [6.45, 7) is 2.75. The molecule has 0 aromatic carbocycles. The zero-order valence-corrected chi connectivity index (χ0v) is 10.9. The van der Waals surface area contributed by atoms with Crippen molar-refractivity contribution < 1.29 is 13.2 Å². The Morgan fingerprint density at radius 1 is 1.25 bits per heavy atom. The van der Waals surface area contributed by atoms with Gasteiger partial charge in [0.25, 0.3) is 0 Å². The molecule has 0 atom stereocenters. The van der Waals surface area contributed by atoms with Crippen LogP contribution in [0.2, 0.25) is 0 Å². The Labute approximate surface area is 98.8 Å². The van der Waals surface area contributed by atoms with Crippen molar-refractivity contribution in [3.05, 3.63) is 0 Å².